The molecule has 0 radical (unpaired) electrons. The van der Waals surface area contributed by atoms with Crippen LogP contribution in [0.25, 0.3) is 0 Å². The van der Waals surface area contributed by atoms with Gasteiger partial charge in [0, 0.05) is 12.5 Å². The van der Waals surface area contributed by atoms with E-state index in [0.29, 0.717) is 12.0 Å². The van der Waals surface area contributed by atoms with Crippen LogP contribution in [-0.4, -0.2) is 25.8 Å². The van der Waals surface area contributed by atoms with Gasteiger partial charge < -0.3 is 14.8 Å². The molecule has 3 nitrogen and oxygen atoms in total. The van der Waals surface area contributed by atoms with E-state index in [2.05, 4.69) is 30.4 Å². The summed E-state index contributed by atoms with van der Waals surface area (Å²) < 4.78 is 11.5. The molecule has 1 fully saturated rings. The highest BCUT2D eigenvalue weighted by molar-refractivity contribution is 5.44. The van der Waals surface area contributed by atoms with Gasteiger partial charge in [0.15, 0.2) is 11.5 Å². The zero-order chi connectivity index (χ0) is 13.8. The summed E-state index contributed by atoms with van der Waals surface area (Å²) in [5.41, 5.74) is 1.41. The average molecular weight is 275 g/mol. The average Bonchev–Trinajstić information content (AvgIpc) is 2.82. The second-order valence-electron chi connectivity index (χ2n) is 5.92. The number of benzene rings is 1. The molecule has 3 heteroatoms. The van der Waals surface area contributed by atoms with Crippen molar-refractivity contribution in [3.05, 3.63) is 23.8 Å². The third-order valence-corrected chi connectivity index (χ3v) is 4.36. The molecule has 1 N–H and O–H groups in total. The van der Waals surface area contributed by atoms with Crippen LogP contribution in [0.1, 0.15) is 50.5 Å². The van der Waals surface area contributed by atoms with Crippen LogP contribution in [0.4, 0.5) is 0 Å². The summed E-state index contributed by atoms with van der Waals surface area (Å²) in [6, 6.07) is 7.20. The fraction of sp³-hybridized carbons (Fsp3) is 0.647. The highest BCUT2D eigenvalue weighted by Crippen LogP contribution is 2.39. The van der Waals surface area contributed by atoms with Crippen molar-refractivity contribution in [1.82, 2.24) is 5.32 Å². The van der Waals surface area contributed by atoms with Crippen LogP contribution in [0.15, 0.2) is 18.2 Å². The fourth-order valence-electron chi connectivity index (χ4n) is 3.25. The number of fused-ring (bicyclic) bond motifs is 1. The summed E-state index contributed by atoms with van der Waals surface area (Å²) in [4.78, 5) is 0. The van der Waals surface area contributed by atoms with Gasteiger partial charge in [-0.1, -0.05) is 13.0 Å². The molecule has 0 spiro atoms. The van der Waals surface area contributed by atoms with E-state index >= 15 is 0 Å². The first-order valence-corrected chi connectivity index (χ1v) is 7.99. The molecule has 2 atom stereocenters. The highest BCUT2D eigenvalue weighted by atomic mass is 16.5. The lowest BCUT2D eigenvalue weighted by atomic mass is 9.97. The molecule has 2 unspecified atom stereocenters. The summed E-state index contributed by atoms with van der Waals surface area (Å²) in [5.74, 6) is 2.51. The molecule has 110 valence electrons. The van der Waals surface area contributed by atoms with Crippen LogP contribution < -0.4 is 14.8 Å². The summed E-state index contributed by atoms with van der Waals surface area (Å²) in [7, 11) is 0. The third-order valence-electron chi connectivity index (χ3n) is 4.36. The first-order chi connectivity index (χ1) is 9.86. The lowest BCUT2D eigenvalue weighted by molar-refractivity contribution is 0.297. The minimum Gasteiger partial charge on any atom is -0.490 e. The van der Waals surface area contributed by atoms with Gasteiger partial charge in [-0.3, -0.25) is 0 Å². The van der Waals surface area contributed by atoms with Crippen molar-refractivity contribution in [3.8, 4) is 11.5 Å². The van der Waals surface area contributed by atoms with Gasteiger partial charge in [0.1, 0.15) is 0 Å². The zero-order valence-electron chi connectivity index (χ0n) is 12.4. The molecule has 1 aliphatic heterocycles. The Morgan fingerprint density at radius 1 is 1.15 bits per heavy atom. The zero-order valence-corrected chi connectivity index (χ0v) is 12.4. The minimum absolute atomic E-state index is 0.668. The van der Waals surface area contributed by atoms with E-state index in [-0.39, 0.29) is 0 Å². The maximum Gasteiger partial charge on any atom is 0.161 e. The molecule has 1 aliphatic carbocycles. The van der Waals surface area contributed by atoms with Gasteiger partial charge >= 0.3 is 0 Å². The van der Waals surface area contributed by atoms with Gasteiger partial charge in [-0.2, -0.15) is 0 Å². The molecular formula is C17H25NO2. The summed E-state index contributed by atoms with van der Waals surface area (Å²) >= 11 is 0. The largest absolute Gasteiger partial charge is 0.490 e. The molecule has 0 saturated heterocycles. The Bertz CT molecular complexity index is 447. The van der Waals surface area contributed by atoms with Crippen LogP contribution in [0.2, 0.25) is 0 Å². The second-order valence-corrected chi connectivity index (χ2v) is 5.92. The topological polar surface area (TPSA) is 30.5 Å². The van der Waals surface area contributed by atoms with Crippen molar-refractivity contribution in [2.75, 3.05) is 19.8 Å². The molecule has 0 aromatic heterocycles. The van der Waals surface area contributed by atoms with E-state index in [4.69, 9.17) is 9.47 Å². The maximum absolute atomic E-state index is 5.80. The maximum atomic E-state index is 5.80. The molecular weight excluding hydrogens is 250 g/mol. The Morgan fingerprint density at radius 2 is 2.00 bits per heavy atom. The number of ether oxygens (including phenoxy) is 2. The summed E-state index contributed by atoms with van der Waals surface area (Å²) in [6.07, 6.45) is 6.00. The van der Waals surface area contributed by atoms with Crippen molar-refractivity contribution in [3.63, 3.8) is 0 Å². The second kappa shape index (κ2) is 6.49. The molecule has 20 heavy (non-hydrogen) atoms. The normalized spacial score (nSPS) is 25.4. The number of nitrogens with one attached hydrogen (secondary N) is 1. The quantitative estimate of drug-likeness (QED) is 0.912. The van der Waals surface area contributed by atoms with E-state index in [1.807, 2.05) is 0 Å². The molecule has 2 aliphatic rings. The molecule has 3 rings (SSSR count). The number of hydrogen-bond acceptors (Lipinski definition) is 3. The molecule has 1 heterocycles. The van der Waals surface area contributed by atoms with E-state index in [1.165, 1.54) is 31.2 Å². The van der Waals surface area contributed by atoms with Gasteiger partial charge in [0.05, 0.1) is 13.2 Å². The summed E-state index contributed by atoms with van der Waals surface area (Å²) in [5, 5.41) is 3.65. The van der Waals surface area contributed by atoms with Crippen LogP contribution in [0, 0.1) is 0 Å². The number of hydrogen-bond donors (Lipinski definition) is 1. The van der Waals surface area contributed by atoms with E-state index in [9.17, 15) is 0 Å². The Hall–Kier alpha value is -1.22. The van der Waals surface area contributed by atoms with Gasteiger partial charge in [0.25, 0.3) is 0 Å². The predicted molar refractivity (Wildman–Crippen MR) is 80.7 cm³/mol. The van der Waals surface area contributed by atoms with Crippen LogP contribution in [0.5, 0.6) is 11.5 Å². The van der Waals surface area contributed by atoms with Crippen LogP contribution >= 0.6 is 0 Å². The van der Waals surface area contributed by atoms with Crippen LogP contribution in [0.3, 0.4) is 0 Å². The van der Waals surface area contributed by atoms with Crippen molar-refractivity contribution >= 4 is 0 Å². The fourth-order valence-corrected chi connectivity index (χ4v) is 3.25. The molecule has 1 saturated carbocycles. The van der Waals surface area contributed by atoms with Crippen molar-refractivity contribution < 1.29 is 9.47 Å². The molecule has 0 amide bonds. The van der Waals surface area contributed by atoms with Gasteiger partial charge in [-0.05, 0) is 55.8 Å². The Morgan fingerprint density at radius 3 is 2.85 bits per heavy atom. The SMILES string of the molecule is CCCNC1CCC(c2ccc3c(c2)OCCCO3)C1. The molecule has 1 aromatic rings. The van der Waals surface area contributed by atoms with Crippen molar-refractivity contribution in [2.24, 2.45) is 0 Å². The standard InChI is InChI=1S/C17H25NO2/c1-2-8-18-15-6-4-13(11-15)14-5-7-16-17(12-14)20-10-3-9-19-16/h5,7,12-13,15,18H,2-4,6,8-11H2,1H3. The van der Waals surface area contributed by atoms with Crippen molar-refractivity contribution in [1.29, 1.82) is 0 Å². The van der Waals surface area contributed by atoms with Crippen molar-refractivity contribution in [2.45, 2.75) is 51.0 Å². The Balaban J connectivity index is 1.67. The molecule has 1 aromatic carbocycles. The van der Waals surface area contributed by atoms with Gasteiger partial charge in [-0.25, -0.2) is 0 Å². The smallest absolute Gasteiger partial charge is 0.161 e. The lowest BCUT2D eigenvalue weighted by Gasteiger charge is -2.15. The first kappa shape index (κ1) is 13.7. The van der Waals surface area contributed by atoms with E-state index < -0.39 is 0 Å². The van der Waals surface area contributed by atoms with Crippen LogP contribution in [-0.2, 0) is 0 Å². The summed E-state index contributed by atoms with van der Waals surface area (Å²) in [6.45, 7) is 4.89. The Kier molecular flexibility index (Phi) is 4.46. The predicted octanol–water partition coefficient (Wildman–Crippen LogP) is 3.48. The Labute approximate surface area is 121 Å². The minimum atomic E-state index is 0.668. The van der Waals surface area contributed by atoms with E-state index in [0.717, 1.165) is 37.7 Å². The number of rotatable bonds is 4. The van der Waals surface area contributed by atoms with Gasteiger partial charge in [0.2, 0.25) is 0 Å². The lowest BCUT2D eigenvalue weighted by Crippen LogP contribution is -2.26. The molecule has 0 bridgehead atoms. The third kappa shape index (κ3) is 3.09. The monoisotopic (exact) mass is 275 g/mol. The first-order valence-electron chi connectivity index (χ1n) is 7.99. The highest BCUT2D eigenvalue weighted by Gasteiger charge is 2.26. The van der Waals surface area contributed by atoms with Gasteiger partial charge in [-0.15, -0.1) is 0 Å². The van der Waals surface area contributed by atoms with E-state index in [1.54, 1.807) is 0 Å².